The first-order valence-electron chi connectivity index (χ1n) is 12.0. The quantitative estimate of drug-likeness (QED) is 0.398. The van der Waals surface area contributed by atoms with Gasteiger partial charge in [0.1, 0.15) is 17.6 Å². The summed E-state index contributed by atoms with van der Waals surface area (Å²) < 4.78 is 6.84. The third-order valence-corrected chi connectivity index (χ3v) is 13.3. The summed E-state index contributed by atoms with van der Waals surface area (Å²) in [7, 11) is -1.98. The number of ether oxygens (including phenoxy) is 1. The van der Waals surface area contributed by atoms with Crippen LogP contribution in [0.2, 0.25) is 0 Å². The monoisotopic (exact) mass is 498 g/mol. The van der Waals surface area contributed by atoms with Crippen molar-refractivity contribution in [3.63, 3.8) is 0 Å². The second-order valence-corrected chi connectivity index (χ2v) is 13.9. The first kappa shape index (κ1) is 23.0. The van der Waals surface area contributed by atoms with Gasteiger partial charge >= 0.3 is 0 Å². The van der Waals surface area contributed by atoms with Gasteiger partial charge in [0.25, 0.3) is 0 Å². The van der Waals surface area contributed by atoms with Gasteiger partial charge in [0, 0.05) is 5.66 Å². The predicted molar refractivity (Wildman–Crippen MR) is 146 cm³/mol. The lowest BCUT2D eigenvalue weighted by molar-refractivity contribution is 0.00314. The third-order valence-electron chi connectivity index (χ3n) is 7.16. The minimum atomic E-state index is -1.13. The Morgan fingerprint density at radius 3 is 1.40 bits per heavy atom. The number of aliphatic hydroxyl groups is 2. The molecule has 2 N–H and O–H groups in total. The smallest absolute Gasteiger partial charge is 0.131 e. The summed E-state index contributed by atoms with van der Waals surface area (Å²) in [5, 5.41) is 26.8. The van der Waals surface area contributed by atoms with Crippen molar-refractivity contribution < 1.29 is 14.9 Å². The Bertz CT molecular complexity index is 1180. The molecule has 0 spiro atoms. The summed E-state index contributed by atoms with van der Waals surface area (Å²) in [6.07, 6.45) is -1.49. The van der Waals surface area contributed by atoms with E-state index in [0.717, 1.165) is 17.0 Å². The molecular formula is C30H28O3P2. The highest BCUT2D eigenvalue weighted by atomic mass is 31.1. The van der Waals surface area contributed by atoms with Crippen molar-refractivity contribution in [2.75, 3.05) is 0 Å². The molecule has 2 aliphatic rings. The largest absolute Gasteiger partial charge is 0.388 e. The van der Waals surface area contributed by atoms with E-state index in [4.69, 9.17) is 4.74 Å². The summed E-state index contributed by atoms with van der Waals surface area (Å²) >= 11 is 0. The maximum absolute atomic E-state index is 11.8. The van der Waals surface area contributed by atoms with Crippen molar-refractivity contribution in [1.29, 1.82) is 0 Å². The summed E-state index contributed by atoms with van der Waals surface area (Å²) in [6, 6.07) is 42.1. The standard InChI is InChI=1S/C30H28O3P2/c31-28-26-21-27(34(22-13-5-1-6-14-22)23-15-7-2-8-16-23)30(33-26,29(28)32)35(24-17-9-3-10-18-24)25-19-11-4-12-20-25/h1-20,26-29,31-32H,21H2/t26-,27+,28-,29-,30-/m0/s1. The molecule has 4 aromatic carbocycles. The molecule has 2 fully saturated rings. The maximum Gasteiger partial charge on any atom is 0.131 e. The van der Waals surface area contributed by atoms with Gasteiger partial charge in [-0.15, -0.1) is 0 Å². The normalized spacial score (nSPS) is 27.5. The van der Waals surface area contributed by atoms with Crippen LogP contribution in [0.4, 0.5) is 0 Å². The Labute approximate surface area is 208 Å². The van der Waals surface area contributed by atoms with Gasteiger partial charge in [-0.1, -0.05) is 121 Å². The van der Waals surface area contributed by atoms with Crippen LogP contribution in [0.1, 0.15) is 6.42 Å². The summed E-state index contributed by atoms with van der Waals surface area (Å²) in [6.45, 7) is 0. The molecule has 35 heavy (non-hydrogen) atoms. The van der Waals surface area contributed by atoms with Crippen molar-refractivity contribution in [2.45, 2.75) is 35.7 Å². The number of rotatable bonds is 6. The fourth-order valence-corrected chi connectivity index (χ4v) is 12.5. The zero-order chi connectivity index (χ0) is 23.8. The number of hydrogen-bond donors (Lipinski definition) is 2. The summed E-state index contributed by atoms with van der Waals surface area (Å²) in [4.78, 5) is 0. The van der Waals surface area contributed by atoms with Gasteiger partial charge in [0.2, 0.25) is 0 Å². The SMILES string of the molecule is O[C@H]1[C@@H]2C[C@@H](P(c3ccccc3)c3ccccc3)[C@@](P(c3ccccc3)c3ccccc3)(O2)[C@H]1O. The second-order valence-electron chi connectivity index (χ2n) is 9.14. The molecule has 4 aromatic rings. The molecular weight excluding hydrogens is 470 g/mol. The molecule has 3 nitrogen and oxygen atoms in total. The molecule has 2 aliphatic heterocycles. The Morgan fingerprint density at radius 1 is 0.600 bits per heavy atom. The van der Waals surface area contributed by atoms with E-state index in [2.05, 4.69) is 109 Å². The van der Waals surface area contributed by atoms with Crippen LogP contribution in [0.25, 0.3) is 0 Å². The van der Waals surface area contributed by atoms with Gasteiger partial charge in [-0.25, -0.2) is 0 Å². The number of benzene rings is 4. The zero-order valence-electron chi connectivity index (χ0n) is 19.3. The van der Waals surface area contributed by atoms with Gasteiger partial charge in [0.15, 0.2) is 0 Å². The minimum Gasteiger partial charge on any atom is -0.388 e. The maximum atomic E-state index is 11.8. The molecule has 0 aliphatic carbocycles. The van der Waals surface area contributed by atoms with Crippen LogP contribution in [-0.2, 0) is 4.74 Å². The highest BCUT2D eigenvalue weighted by Gasteiger charge is 2.69. The van der Waals surface area contributed by atoms with Crippen LogP contribution in [-0.4, -0.2) is 39.5 Å². The molecule has 0 saturated carbocycles. The number of aliphatic hydroxyl groups excluding tert-OH is 2. The first-order valence-corrected chi connectivity index (χ1v) is 14.8. The number of fused-ring (bicyclic) bond motifs is 2. The van der Waals surface area contributed by atoms with E-state index in [0.29, 0.717) is 0 Å². The second kappa shape index (κ2) is 9.58. The molecule has 0 amide bonds. The lowest BCUT2D eigenvalue weighted by atomic mass is 9.94. The Hall–Kier alpha value is -2.38. The molecule has 6 rings (SSSR count). The Morgan fingerprint density at radius 2 is 1.00 bits per heavy atom. The minimum absolute atomic E-state index is 0.0530. The van der Waals surface area contributed by atoms with E-state index in [1.165, 1.54) is 10.6 Å². The van der Waals surface area contributed by atoms with Crippen LogP contribution < -0.4 is 21.2 Å². The Kier molecular flexibility index (Phi) is 6.31. The van der Waals surface area contributed by atoms with Crippen LogP contribution in [0.15, 0.2) is 121 Å². The lowest BCUT2D eigenvalue weighted by Gasteiger charge is -2.47. The fourth-order valence-electron chi connectivity index (χ4n) is 5.70. The molecule has 0 unspecified atom stereocenters. The highest BCUT2D eigenvalue weighted by Crippen LogP contribution is 2.68. The van der Waals surface area contributed by atoms with E-state index in [1.54, 1.807) is 0 Å². The topological polar surface area (TPSA) is 49.7 Å². The molecule has 176 valence electrons. The van der Waals surface area contributed by atoms with E-state index < -0.39 is 33.4 Å². The zero-order valence-corrected chi connectivity index (χ0v) is 21.0. The molecule has 5 atom stereocenters. The van der Waals surface area contributed by atoms with Crippen molar-refractivity contribution >= 4 is 37.1 Å². The number of hydrogen-bond acceptors (Lipinski definition) is 3. The van der Waals surface area contributed by atoms with Gasteiger partial charge in [-0.2, -0.15) is 0 Å². The van der Waals surface area contributed by atoms with Gasteiger partial charge in [-0.05, 0) is 43.5 Å². The van der Waals surface area contributed by atoms with Crippen LogP contribution in [0.3, 0.4) is 0 Å². The first-order chi connectivity index (χ1) is 17.2. The summed E-state index contributed by atoms with van der Waals surface area (Å²) in [5.74, 6) is 0. The van der Waals surface area contributed by atoms with Gasteiger partial charge in [-0.3, -0.25) is 0 Å². The van der Waals surface area contributed by atoms with Crippen molar-refractivity contribution in [2.24, 2.45) is 0 Å². The highest BCUT2D eigenvalue weighted by molar-refractivity contribution is 7.78. The van der Waals surface area contributed by atoms with Crippen molar-refractivity contribution in [1.82, 2.24) is 0 Å². The predicted octanol–water partition coefficient (Wildman–Crippen LogP) is 3.84. The molecule has 2 saturated heterocycles. The summed E-state index contributed by atoms with van der Waals surface area (Å²) in [5.41, 5.74) is 0.0530. The molecule has 2 heterocycles. The average Bonchev–Trinajstić information content (AvgIpc) is 3.41. The molecule has 2 bridgehead atoms. The van der Waals surface area contributed by atoms with Gasteiger partial charge in [0.05, 0.1) is 6.10 Å². The van der Waals surface area contributed by atoms with Crippen molar-refractivity contribution in [3.05, 3.63) is 121 Å². The van der Waals surface area contributed by atoms with Gasteiger partial charge < -0.3 is 14.9 Å². The fraction of sp³-hybridized carbons (Fsp3) is 0.200. The average molecular weight is 498 g/mol. The van der Waals surface area contributed by atoms with E-state index >= 15 is 0 Å². The van der Waals surface area contributed by atoms with Crippen molar-refractivity contribution in [3.8, 4) is 0 Å². The van der Waals surface area contributed by atoms with E-state index in [-0.39, 0.29) is 11.8 Å². The van der Waals surface area contributed by atoms with Crippen LogP contribution in [0, 0.1) is 0 Å². The third kappa shape index (κ3) is 3.87. The molecule has 0 aromatic heterocycles. The van der Waals surface area contributed by atoms with E-state index in [1.807, 2.05) is 12.1 Å². The van der Waals surface area contributed by atoms with Crippen LogP contribution in [0.5, 0.6) is 0 Å². The van der Waals surface area contributed by atoms with E-state index in [9.17, 15) is 10.2 Å². The van der Waals surface area contributed by atoms with Crippen LogP contribution >= 0.6 is 15.8 Å². The molecule has 5 heteroatoms. The Balaban J connectivity index is 1.58. The lowest BCUT2D eigenvalue weighted by Crippen LogP contribution is -2.55. The molecule has 0 radical (unpaired) electrons.